The second-order valence-electron chi connectivity index (χ2n) is 13.5. The molecular weight excluding hydrogens is 512 g/mol. The molecule has 1 aromatic rings. The van der Waals surface area contributed by atoms with Crippen molar-refractivity contribution in [2.75, 3.05) is 7.11 Å². The number of hydrogen-bond acceptors (Lipinski definition) is 8. The molecule has 0 radical (unpaired) electrons. The van der Waals surface area contributed by atoms with Crippen LogP contribution in [0.15, 0.2) is 34.7 Å². The molecule has 0 aromatic carbocycles. The highest BCUT2D eigenvalue weighted by molar-refractivity contribution is 5.92. The number of carbonyl (C=O) groups excluding carboxylic acids is 4. The lowest BCUT2D eigenvalue weighted by molar-refractivity contribution is -0.230. The van der Waals surface area contributed by atoms with Crippen molar-refractivity contribution < 1.29 is 37.8 Å². The van der Waals surface area contributed by atoms with Crippen molar-refractivity contribution in [2.24, 2.45) is 45.8 Å². The van der Waals surface area contributed by atoms with E-state index in [4.69, 9.17) is 18.6 Å². The largest absolute Gasteiger partial charge is 0.472 e. The van der Waals surface area contributed by atoms with Crippen molar-refractivity contribution in [3.05, 3.63) is 35.8 Å². The maximum Gasteiger partial charge on any atom is 0.333 e. The molecule has 4 aliphatic rings. The summed E-state index contributed by atoms with van der Waals surface area (Å²) in [7, 11) is 1.36. The quantitative estimate of drug-likeness (QED) is 0.263. The predicted molar refractivity (Wildman–Crippen MR) is 144 cm³/mol. The zero-order valence-corrected chi connectivity index (χ0v) is 24.7. The Bertz CT molecular complexity index is 1230. The molecule has 2 bridgehead atoms. The minimum Gasteiger partial charge on any atom is -0.472 e. The lowest BCUT2D eigenvalue weighted by atomic mass is 9.37. The van der Waals surface area contributed by atoms with E-state index in [-0.39, 0.29) is 53.7 Å². The standard InChI is InChI=1S/C32H42O8/c1-8-17(2)29(36)40-28-20-13-19-21(32(6,26(20)35)23(30(28,3)4)15-24(33)37-7)9-11-31(5)22(19)14-25(34)39-27(31)18-10-12-38-16-18/h8,10,12,16,19-23,27-28H,9,11,13-15H2,1-7H3/b17-8-/t19-,20-,21+,22+,23+,27+,28-,31-,32-/m1/s1. The fraction of sp³-hybridized carbons (Fsp3) is 0.688. The summed E-state index contributed by atoms with van der Waals surface area (Å²) in [5.41, 5.74) is -0.529. The average Bonchev–Trinajstić information content (AvgIpc) is 3.45. The molecule has 8 heteroatoms. The molecule has 2 heterocycles. The number of methoxy groups -OCH3 is 1. The van der Waals surface area contributed by atoms with E-state index in [9.17, 15) is 19.2 Å². The summed E-state index contributed by atoms with van der Waals surface area (Å²) in [6, 6.07) is 1.85. The van der Waals surface area contributed by atoms with E-state index in [1.165, 1.54) is 7.11 Å². The molecule has 9 atom stereocenters. The third-order valence-corrected chi connectivity index (χ3v) is 11.4. The predicted octanol–water partition coefficient (Wildman–Crippen LogP) is 5.61. The van der Waals surface area contributed by atoms with Gasteiger partial charge in [0, 0.05) is 40.2 Å². The van der Waals surface area contributed by atoms with Gasteiger partial charge in [-0.05, 0) is 62.8 Å². The zero-order chi connectivity index (χ0) is 29.2. The Morgan fingerprint density at radius 1 is 1.15 bits per heavy atom. The smallest absolute Gasteiger partial charge is 0.333 e. The van der Waals surface area contributed by atoms with E-state index in [1.54, 1.807) is 32.4 Å². The molecule has 5 rings (SSSR count). The molecule has 8 nitrogen and oxygen atoms in total. The fourth-order valence-electron chi connectivity index (χ4n) is 9.23. The van der Waals surface area contributed by atoms with Gasteiger partial charge < -0.3 is 18.6 Å². The van der Waals surface area contributed by atoms with Crippen LogP contribution in [0.2, 0.25) is 0 Å². The zero-order valence-electron chi connectivity index (χ0n) is 24.7. The maximum atomic E-state index is 14.5. The molecule has 4 fully saturated rings. The number of hydrogen-bond donors (Lipinski definition) is 0. The number of esters is 3. The van der Waals surface area contributed by atoms with Crippen molar-refractivity contribution >= 4 is 23.7 Å². The first-order chi connectivity index (χ1) is 18.8. The first-order valence-corrected chi connectivity index (χ1v) is 14.5. The van der Waals surface area contributed by atoms with Crippen LogP contribution in [0.5, 0.6) is 0 Å². The third kappa shape index (κ3) is 4.07. The van der Waals surface area contributed by atoms with Gasteiger partial charge in [0.05, 0.1) is 25.6 Å². The van der Waals surface area contributed by atoms with Gasteiger partial charge in [-0.3, -0.25) is 14.4 Å². The van der Waals surface area contributed by atoms with E-state index < -0.39 is 40.8 Å². The van der Waals surface area contributed by atoms with Crippen molar-refractivity contribution in [1.29, 1.82) is 0 Å². The highest BCUT2D eigenvalue weighted by Gasteiger charge is 2.71. The fourth-order valence-corrected chi connectivity index (χ4v) is 9.23. The van der Waals surface area contributed by atoms with Crippen LogP contribution in [0.25, 0.3) is 0 Å². The molecule has 3 aliphatic carbocycles. The Labute approximate surface area is 236 Å². The van der Waals surface area contributed by atoms with Crippen LogP contribution in [-0.4, -0.2) is 36.9 Å². The topological polar surface area (TPSA) is 109 Å². The van der Waals surface area contributed by atoms with Gasteiger partial charge in [-0.15, -0.1) is 0 Å². The van der Waals surface area contributed by atoms with Gasteiger partial charge in [-0.25, -0.2) is 4.79 Å². The van der Waals surface area contributed by atoms with Crippen molar-refractivity contribution in [3.8, 4) is 0 Å². The lowest BCUT2D eigenvalue weighted by Gasteiger charge is -2.66. The third-order valence-electron chi connectivity index (χ3n) is 11.4. The van der Waals surface area contributed by atoms with Gasteiger partial charge in [0.1, 0.15) is 18.0 Å². The van der Waals surface area contributed by atoms with Gasteiger partial charge in [0.25, 0.3) is 0 Å². The number of cyclic esters (lactones) is 1. The highest BCUT2D eigenvalue weighted by atomic mass is 16.6. The van der Waals surface area contributed by atoms with E-state index in [2.05, 4.69) is 6.92 Å². The molecule has 1 aliphatic heterocycles. The summed E-state index contributed by atoms with van der Waals surface area (Å²) in [6.07, 6.45) is 6.21. The number of Topliss-reactive ketones (excluding diaryl/α,β-unsaturated/α-hetero) is 1. The summed E-state index contributed by atoms with van der Waals surface area (Å²) >= 11 is 0. The number of allylic oxidation sites excluding steroid dienone is 1. The molecule has 0 N–H and O–H groups in total. The summed E-state index contributed by atoms with van der Waals surface area (Å²) in [5, 5.41) is 0. The van der Waals surface area contributed by atoms with Crippen molar-refractivity contribution in [1.82, 2.24) is 0 Å². The highest BCUT2D eigenvalue weighted by Crippen LogP contribution is 2.70. The first kappa shape index (κ1) is 28.6. The number of ether oxygens (including phenoxy) is 3. The molecule has 1 aromatic heterocycles. The Hall–Kier alpha value is -2.90. The van der Waals surface area contributed by atoms with Crippen LogP contribution in [0.1, 0.15) is 85.3 Å². The van der Waals surface area contributed by atoms with E-state index >= 15 is 0 Å². The van der Waals surface area contributed by atoms with Crippen molar-refractivity contribution in [2.45, 2.75) is 85.9 Å². The summed E-state index contributed by atoms with van der Waals surface area (Å²) in [4.78, 5) is 53.4. The van der Waals surface area contributed by atoms with Gasteiger partial charge in [-0.2, -0.15) is 0 Å². The van der Waals surface area contributed by atoms with E-state index in [0.717, 1.165) is 18.4 Å². The Balaban J connectivity index is 1.61. The number of rotatable bonds is 5. The summed E-state index contributed by atoms with van der Waals surface area (Å²) < 4.78 is 22.6. The van der Waals surface area contributed by atoms with Gasteiger partial charge in [-0.1, -0.05) is 33.8 Å². The van der Waals surface area contributed by atoms with Crippen LogP contribution in [0.4, 0.5) is 0 Å². The maximum absolute atomic E-state index is 14.5. The average molecular weight is 555 g/mol. The monoisotopic (exact) mass is 554 g/mol. The SMILES string of the molecule is C/C=C(/C)C(=O)O[C@@H]1[C@@H]2C[C@H]3[C@@H]4CC(=O)O[C@@H](c5ccoc5)[C@]4(C)CC[C@@H]3[C@@](C)(C2=O)[C@@H](CC(=O)OC)C1(C)C. The van der Waals surface area contributed by atoms with Gasteiger partial charge >= 0.3 is 17.9 Å². The summed E-state index contributed by atoms with van der Waals surface area (Å²) in [5.74, 6) is -1.99. The Morgan fingerprint density at radius 2 is 1.88 bits per heavy atom. The molecular formula is C32H42O8. The van der Waals surface area contributed by atoms with Crippen LogP contribution in [0, 0.1) is 45.8 Å². The van der Waals surface area contributed by atoms with E-state index in [0.29, 0.717) is 12.0 Å². The van der Waals surface area contributed by atoms with Crippen LogP contribution in [-0.2, 0) is 33.4 Å². The Morgan fingerprint density at radius 3 is 2.50 bits per heavy atom. The number of carbonyl (C=O) groups is 4. The minimum atomic E-state index is -0.836. The molecule has 0 spiro atoms. The van der Waals surface area contributed by atoms with Gasteiger partial charge in [0.2, 0.25) is 0 Å². The minimum absolute atomic E-state index is 0.0203. The van der Waals surface area contributed by atoms with Crippen LogP contribution < -0.4 is 0 Å². The second kappa shape index (κ2) is 9.88. The molecule has 0 amide bonds. The number of furan rings is 1. The lowest BCUT2D eigenvalue weighted by Crippen LogP contribution is -2.69. The van der Waals surface area contributed by atoms with Gasteiger partial charge in [0.15, 0.2) is 0 Å². The first-order valence-electron chi connectivity index (χ1n) is 14.5. The normalized spacial score (nSPS) is 40.4. The number of ketones is 1. The molecule has 1 saturated heterocycles. The van der Waals surface area contributed by atoms with Crippen LogP contribution in [0.3, 0.4) is 0 Å². The summed E-state index contributed by atoms with van der Waals surface area (Å²) in [6.45, 7) is 11.7. The van der Waals surface area contributed by atoms with Crippen LogP contribution >= 0.6 is 0 Å². The molecule has 40 heavy (non-hydrogen) atoms. The van der Waals surface area contributed by atoms with Crippen molar-refractivity contribution in [3.63, 3.8) is 0 Å². The van der Waals surface area contributed by atoms with E-state index in [1.807, 2.05) is 26.8 Å². The molecule has 3 saturated carbocycles. The molecule has 218 valence electrons. The Kier molecular flexibility index (Phi) is 7.07. The number of fused-ring (bicyclic) bond motifs is 6. The molecule has 0 unspecified atom stereocenters. The second-order valence-corrected chi connectivity index (χ2v) is 13.5.